The molecule has 0 heterocycles. The van der Waals surface area contributed by atoms with Crippen molar-refractivity contribution in [3.05, 3.63) is 97.2 Å². The maximum atomic E-state index is 12.6. The SMILES string of the molecule is CC/C=C\C/C=C\C/C=C\C/C=C\C/C=C\CCCCCC(=O)OC[C@H](COP(=O)(O)OCCN)OC(=O)CCCCCC/C=C\C/C=C\C/C=C\CCCCC. The molecule has 0 saturated heterocycles. The lowest BCUT2D eigenvalue weighted by molar-refractivity contribution is -0.161. The van der Waals surface area contributed by atoms with Crippen molar-refractivity contribution in [3.8, 4) is 0 Å². The van der Waals surface area contributed by atoms with E-state index in [4.69, 9.17) is 24.3 Å². The van der Waals surface area contributed by atoms with E-state index in [1.54, 1.807) is 0 Å². The van der Waals surface area contributed by atoms with Crippen LogP contribution < -0.4 is 5.73 Å². The largest absolute Gasteiger partial charge is 0.472 e. The summed E-state index contributed by atoms with van der Waals surface area (Å²) in [6.07, 6.45) is 54.3. The molecule has 2 atom stereocenters. The molecule has 0 radical (unpaired) electrons. The highest BCUT2D eigenvalue weighted by atomic mass is 31.2. The third-order valence-corrected chi connectivity index (χ3v) is 9.44. The molecule has 10 heteroatoms. The molecule has 0 aliphatic carbocycles. The molecule has 1 unspecified atom stereocenters. The third-order valence-electron chi connectivity index (χ3n) is 8.45. The number of ether oxygens (including phenoxy) is 2. The van der Waals surface area contributed by atoms with E-state index in [1.807, 2.05) is 0 Å². The number of allylic oxidation sites excluding steroid dienone is 16. The van der Waals surface area contributed by atoms with Crippen molar-refractivity contribution >= 4 is 19.8 Å². The lowest BCUT2D eigenvalue weighted by Crippen LogP contribution is -2.29. The number of carbonyl (C=O) groups is 2. The van der Waals surface area contributed by atoms with Crippen LogP contribution in [-0.2, 0) is 32.7 Å². The van der Waals surface area contributed by atoms with Crippen LogP contribution in [0.5, 0.6) is 0 Å². The van der Waals surface area contributed by atoms with Crippen LogP contribution in [0.3, 0.4) is 0 Å². The summed E-state index contributed by atoms with van der Waals surface area (Å²) < 4.78 is 32.7. The van der Waals surface area contributed by atoms with Crippen molar-refractivity contribution in [2.75, 3.05) is 26.4 Å². The summed E-state index contributed by atoms with van der Waals surface area (Å²) in [7, 11) is -4.40. The summed E-state index contributed by atoms with van der Waals surface area (Å²) in [4.78, 5) is 34.9. The number of phosphoric acid groups is 1. The number of unbranched alkanes of at least 4 members (excludes halogenated alkanes) is 10. The highest BCUT2D eigenvalue weighted by Gasteiger charge is 2.25. The number of carbonyl (C=O) groups excluding carboxylic acids is 2. The minimum Gasteiger partial charge on any atom is -0.462 e. The summed E-state index contributed by atoms with van der Waals surface area (Å²) in [5.41, 5.74) is 5.34. The summed E-state index contributed by atoms with van der Waals surface area (Å²) in [5.74, 6) is -0.902. The number of rotatable bonds is 39. The van der Waals surface area contributed by atoms with Gasteiger partial charge < -0.3 is 20.1 Å². The van der Waals surface area contributed by atoms with Crippen LogP contribution in [-0.4, -0.2) is 49.3 Å². The molecule has 0 bridgehead atoms. The molecular weight excluding hydrogens is 737 g/mol. The lowest BCUT2D eigenvalue weighted by Gasteiger charge is -2.19. The van der Waals surface area contributed by atoms with Gasteiger partial charge in [-0.1, -0.05) is 143 Å². The number of hydrogen-bond acceptors (Lipinski definition) is 8. The number of hydrogen-bond donors (Lipinski definition) is 2. The highest BCUT2D eigenvalue weighted by Crippen LogP contribution is 2.43. The van der Waals surface area contributed by atoms with E-state index >= 15 is 0 Å². The van der Waals surface area contributed by atoms with Gasteiger partial charge in [-0.05, 0) is 96.3 Å². The summed E-state index contributed by atoms with van der Waals surface area (Å²) >= 11 is 0. The van der Waals surface area contributed by atoms with Gasteiger partial charge in [0.15, 0.2) is 6.10 Å². The molecule has 0 amide bonds. The molecule has 0 aromatic heterocycles. The third kappa shape index (κ3) is 42.4. The zero-order valence-corrected chi connectivity index (χ0v) is 36.4. The lowest BCUT2D eigenvalue weighted by atomic mass is 10.1. The van der Waals surface area contributed by atoms with Crippen molar-refractivity contribution in [3.63, 3.8) is 0 Å². The van der Waals surface area contributed by atoms with Crippen LogP contribution in [0.15, 0.2) is 97.2 Å². The van der Waals surface area contributed by atoms with Gasteiger partial charge in [-0.15, -0.1) is 0 Å². The molecule has 0 aliphatic heterocycles. The Hall–Kier alpha value is -3.07. The fourth-order valence-corrected chi connectivity index (χ4v) is 6.02. The Balaban J connectivity index is 4.29. The normalized spacial score (nSPS) is 14.2. The van der Waals surface area contributed by atoms with Crippen LogP contribution in [0.25, 0.3) is 0 Å². The maximum absolute atomic E-state index is 12.6. The Morgan fingerprint density at radius 1 is 0.544 bits per heavy atom. The fraction of sp³-hybridized carbons (Fsp3) is 0.617. The monoisotopic (exact) mass is 816 g/mol. The first-order valence-electron chi connectivity index (χ1n) is 21.7. The zero-order valence-electron chi connectivity index (χ0n) is 35.5. The predicted octanol–water partition coefficient (Wildman–Crippen LogP) is 12.6. The quantitative estimate of drug-likeness (QED) is 0.0269. The standard InChI is InChI=1S/C47H78NO8P/c1-3-5-7-9-11-13-15-17-19-21-22-24-25-27-29-31-33-35-37-39-46(49)53-43-45(44-55-57(51,52)54-42-41-48)56-47(50)40-38-36-34-32-30-28-26-23-20-18-16-14-12-10-8-6-4-2/h5,7,11-14,17-20,22,24,26-29,45H,3-4,6,8-10,15-16,21,23,25,30-44,48H2,1-2H3,(H,51,52)/b7-5-,13-11-,14-12-,19-17-,20-18-,24-22-,28-26-,29-27-/t45-/m1/s1. The van der Waals surface area contributed by atoms with E-state index in [9.17, 15) is 19.0 Å². The molecule has 3 N–H and O–H groups in total. The van der Waals surface area contributed by atoms with Crippen LogP contribution in [0.1, 0.15) is 155 Å². The highest BCUT2D eigenvalue weighted by molar-refractivity contribution is 7.47. The molecule has 324 valence electrons. The molecule has 0 spiro atoms. The topological polar surface area (TPSA) is 134 Å². The number of phosphoric ester groups is 1. The minimum absolute atomic E-state index is 0.0389. The van der Waals surface area contributed by atoms with Gasteiger partial charge >= 0.3 is 19.8 Å². The van der Waals surface area contributed by atoms with Gasteiger partial charge in [-0.3, -0.25) is 18.6 Å². The second kappa shape index (κ2) is 42.5. The van der Waals surface area contributed by atoms with Crippen molar-refractivity contribution in [2.45, 2.75) is 161 Å². The Bertz CT molecular complexity index is 1250. The van der Waals surface area contributed by atoms with Crippen molar-refractivity contribution in [1.82, 2.24) is 0 Å². The van der Waals surface area contributed by atoms with Crippen LogP contribution in [0.2, 0.25) is 0 Å². The summed E-state index contributed by atoms with van der Waals surface area (Å²) in [6.45, 7) is 3.50. The first kappa shape index (κ1) is 53.9. The van der Waals surface area contributed by atoms with Gasteiger partial charge in [-0.25, -0.2) is 4.57 Å². The van der Waals surface area contributed by atoms with Gasteiger partial charge in [0.2, 0.25) is 0 Å². The van der Waals surface area contributed by atoms with Crippen molar-refractivity contribution in [2.24, 2.45) is 5.73 Å². The van der Waals surface area contributed by atoms with E-state index in [0.29, 0.717) is 12.8 Å². The minimum atomic E-state index is -4.40. The first-order chi connectivity index (χ1) is 27.8. The molecule has 9 nitrogen and oxygen atoms in total. The molecule has 57 heavy (non-hydrogen) atoms. The molecular formula is C47H78NO8P. The second-order valence-electron chi connectivity index (χ2n) is 13.8. The Kier molecular flexibility index (Phi) is 40.2. The van der Waals surface area contributed by atoms with E-state index < -0.39 is 32.5 Å². The predicted molar refractivity (Wildman–Crippen MR) is 238 cm³/mol. The van der Waals surface area contributed by atoms with E-state index in [0.717, 1.165) is 89.9 Å². The molecule has 0 aromatic carbocycles. The summed E-state index contributed by atoms with van der Waals surface area (Å²) in [6, 6.07) is 0. The average molecular weight is 816 g/mol. The molecule has 0 fully saturated rings. The number of nitrogens with two attached hydrogens (primary N) is 1. The van der Waals surface area contributed by atoms with Crippen LogP contribution in [0, 0.1) is 0 Å². The average Bonchev–Trinajstić information content (AvgIpc) is 3.20. The molecule has 0 aliphatic rings. The van der Waals surface area contributed by atoms with Crippen LogP contribution >= 0.6 is 7.82 Å². The first-order valence-corrected chi connectivity index (χ1v) is 23.2. The second-order valence-corrected chi connectivity index (χ2v) is 15.3. The van der Waals surface area contributed by atoms with Gasteiger partial charge in [0, 0.05) is 19.4 Å². The molecule has 0 rings (SSSR count). The van der Waals surface area contributed by atoms with Gasteiger partial charge in [-0.2, -0.15) is 0 Å². The maximum Gasteiger partial charge on any atom is 0.472 e. The Labute approximate surface area is 346 Å². The van der Waals surface area contributed by atoms with Gasteiger partial charge in [0.25, 0.3) is 0 Å². The fourth-order valence-electron chi connectivity index (χ4n) is 5.25. The smallest absolute Gasteiger partial charge is 0.462 e. The number of esters is 2. The summed E-state index contributed by atoms with van der Waals surface area (Å²) in [5, 5.41) is 0. The van der Waals surface area contributed by atoms with Gasteiger partial charge in [0.05, 0.1) is 13.2 Å². The van der Waals surface area contributed by atoms with Crippen molar-refractivity contribution in [1.29, 1.82) is 0 Å². The Morgan fingerprint density at radius 2 is 0.965 bits per heavy atom. The van der Waals surface area contributed by atoms with E-state index in [-0.39, 0.29) is 32.6 Å². The van der Waals surface area contributed by atoms with E-state index in [1.165, 1.54) is 25.7 Å². The van der Waals surface area contributed by atoms with E-state index in [2.05, 4.69) is 111 Å². The van der Waals surface area contributed by atoms with Gasteiger partial charge in [0.1, 0.15) is 6.61 Å². The Morgan fingerprint density at radius 3 is 1.44 bits per heavy atom. The van der Waals surface area contributed by atoms with Crippen LogP contribution in [0.4, 0.5) is 0 Å². The molecule has 0 saturated carbocycles. The van der Waals surface area contributed by atoms with Crippen molar-refractivity contribution < 1.29 is 37.6 Å². The zero-order chi connectivity index (χ0) is 41.8. The molecule has 0 aromatic rings.